The molecule has 0 unspecified atom stereocenters. The Morgan fingerprint density at radius 1 is 1.30 bits per heavy atom. The predicted octanol–water partition coefficient (Wildman–Crippen LogP) is 3.13. The summed E-state index contributed by atoms with van der Waals surface area (Å²) in [6.45, 7) is 2.06. The highest BCUT2D eigenvalue weighted by Crippen LogP contribution is 2.17. The summed E-state index contributed by atoms with van der Waals surface area (Å²) >= 11 is 1.82. The van der Waals surface area contributed by atoms with Gasteiger partial charge in [-0.05, 0) is 48.9 Å². The van der Waals surface area contributed by atoms with Crippen LogP contribution in [-0.4, -0.2) is 16.1 Å². The van der Waals surface area contributed by atoms with E-state index in [4.69, 9.17) is 9.59 Å². The third-order valence-electron chi connectivity index (χ3n) is 2.90. The van der Waals surface area contributed by atoms with Crippen LogP contribution in [0.25, 0.3) is 11.0 Å². The SMILES string of the molecule is Cc1cc2cc(CCc3cccs3)cnc2[nH]1.O=C=O. The number of rotatable bonds is 3. The van der Waals surface area contributed by atoms with E-state index in [1.165, 1.54) is 21.5 Å². The molecule has 1 N–H and O–H groups in total. The van der Waals surface area contributed by atoms with Gasteiger partial charge in [0.05, 0.1) is 0 Å². The lowest BCUT2D eigenvalue weighted by Crippen LogP contribution is -1.90. The van der Waals surface area contributed by atoms with Crippen molar-refractivity contribution < 1.29 is 9.59 Å². The van der Waals surface area contributed by atoms with Crippen molar-refractivity contribution in [3.63, 3.8) is 0 Å². The van der Waals surface area contributed by atoms with Crippen molar-refractivity contribution in [2.45, 2.75) is 19.8 Å². The number of thiophene rings is 1. The number of hydrogen-bond donors (Lipinski definition) is 1. The van der Waals surface area contributed by atoms with Crippen molar-refractivity contribution in [1.82, 2.24) is 9.97 Å². The summed E-state index contributed by atoms with van der Waals surface area (Å²) in [5, 5.41) is 3.35. The number of aromatic amines is 1. The van der Waals surface area contributed by atoms with Gasteiger partial charge in [-0.15, -0.1) is 11.3 Å². The van der Waals surface area contributed by atoms with Crippen molar-refractivity contribution in [2.75, 3.05) is 0 Å². The van der Waals surface area contributed by atoms with Gasteiger partial charge in [0.2, 0.25) is 0 Å². The quantitative estimate of drug-likeness (QED) is 0.804. The van der Waals surface area contributed by atoms with Crippen molar-refractivity contribution in [3.05, 3.63) is 52.0 Å². The first-order chi connectivity index (χ1) is 9.72. The molecule has 20 heavy (non-hydrogen) atoms. The molecule has 0 bridgehead atoms. The maximum Gasteiger partial charge on any atom is 0.373 e. The summed E-state index contributed by atoms with van der Waals surface area (Å²) in [5.41, 5.74) is 3.47. The van der Waals surface area contributed by atoms with E-state index in [-0.39, 0.29) is 6.15 Å². The highest BCUT2D eigenvalue weighted by atomic mass is 32.1. The Hall–Kier alpha value is -2.23. The van der Waals surface area contributed by atoms with E-state index < -0.39 is 0 Å². The van der Waals surface area contributed by atoms with E-state index in [0.29, 0.717) is 0 Å². The number of carbonyl (C=O) groups excluding carboxylic acids is 2. The maximum absolute atomic E-state index is 8.12. The molecular weight excluding hydrogens is 272 g/mol. The number of pyridine rings is 1. The molecule has 0 aliphatic rings. The van der Waals surface area contributed by atoms with Crippen LogP contribution in [0.3, 0.4) is 0 Å². The molecule has 0 saturated heterocycles. The van der Waals surface area contributed by atoms with Crippen LogP contribution >= 0.6 is 11.3 Å². The van der Waals surface area contributed by atoms with Crippen LogP contribution < -0.4 is 0 Å². The average molecular weight is 286 g/mol. The number of nitrogens with one attached hydrogen (secondary N) is 1. The van der Waals surface area contributed by atoms with Crippen LogP contribution in [0.1, 0.15) is 16.1 Å². The number of H-pyrrole nitrogens is 1. The van der Waals surface area contributed by atoms with Crippen molar-refractivity contribution in [3.8, 4) is 0 Å². The molecule has 3 aromatic rings. The van der Waals surface area contributed by atoms with Gasteiger partial charge in [-0.2, -0.15) is 9.59 Å². The van der Waals surface area contributed by atoms with Crippen LogP contribution in [-0.2, 0) is 22.4 Å². The Balaban J connectivity index is 0.000000452. The van der Waals surface area contributed by atoms with Crippen molar-refractivity contribution in [2.24, 2.45) is 0 Å². The standard InChI is InChI=1S/C14H14N2S.CO2/c1-10-7-12-8-11(9-15-14(12)16-10)4-5-13-3-2-6-17-13;2-1-3/h2-3,6-9H,4-5H2,1H3,(H,15,16);. The highest BCUT2D eigenvalue weighted by Gasteiger charge is 2.02. The van der Waals surface area contributed by atoms with E-state index in [9.17, 15) is 0 Å². The Labute approximate surface area is 120 Å². The molecule has 0 spiro atoms. The molecule has 3 rings (SSSR count). The fourth-order valence-electron chi connectivity index (χ4n) is 2.06. The van der Waals surface area contributed by atoms with Gasteiger partial charge in [-0.1, -0.05) is 6.07 Å². The van der Waals surface area contributed by atoms with Gasteiger partial charge < -0.3 is 4.98 Å². The van der Waals surface area contributed by atoms with Crippen LogP contribution in [0.4, 0.5) is 0 Å². The molecule has 0 aliphatic carbocycles. The monoisotopic (exact) mass is 286 g/mol. The summed E-state index contributed by atoms with van der Waals surface area (Å²) in [6.07, 6.45) is 4.40. The molecule has 3 heterocycles. The highest BCUT2D eigenvalue weighted by molar-refractivity contribution is 7.09. The topological polar surface area (TPSA) is 62.8 Å². The third-order valence-corrected chi connectivity index (χ3v) is 3.84. The first kappa shape index (κ1) is 14.2. The molecule has 102 valence electrons. The third kappa shape index (κ3) is 3.63. The number of aromatic nitrogens is 2. The predicted molar refractivity (Wildman–Crippen MR) is 77.6 cm³/mol. The van der Waals surface area contributed by atoms with Gasteiger partial charge in [-0.3, -0.25) is 0 Å². The summed E-state index contributed by atoms with van der Waals surface area (Å²) in [5.74, 6) is 0. The lowest BCUT2D eigenvalue weighted by Gasteiger charge is -1.99. The van der Waals surface area contributed by atoms with Crippen LogP contribution in [0.2, 0.25) is 0 Å². The molecule has 0 saturated carbocycles. The van der Waals surface area contributed by atoms with Crippen LogP contribution in [0.15, 0.2) is 35.8 Å². The molecule has 0 fully saturated rings. The summed E-state index contributed by atoms with van der Waals surface area (Å²) in [4.78, 5) is 25.4. The molecule has 0 amide bonds. The average Bonchev–Trinajstić information content (AvgIpc) is 3.04. The smallest absolute Gasteiger partial charge is 0.344 e. The van der Waals surface area contributed by atoms with E-state index in [2.05, 4.69) is 46.5 Å². The lowest BCUT2D eigenvalue weighted by molar-refractivity contribution is -0.191. The molecule has 0 atom stereocenters. The van der Waals surface area contributed by atoms with Gasteiger partial charge in [0.15, 0.2) is 0 Å². The lowest BCUT2D eigenvalue weighted by atomic mass is 10.1. The molecule has 0 aliphatic heterocycles. The zero-order chi connectivity index (χ0) is 14.4. The molecule has 0 aromatic carbocycles. The van der Waals surface area contributed by atoms with Crippen molar-refractivity contribution >= 4 is 28.5 Å². The van der Waals surface area contributed by atoms with Gasteiger partial charge in [0.25, 0.3) is 0 Å². The number of hydrogen-bond acceptors (Lipinski definition) is 4. The zero-order valence-corrected chi connectivity index (χ0v) is 11.9. The van der Waals surface area contributed by atoms with Gasteiger partial charge in [0, 0.05) is 22.2 Å². The molecule has 3 aromatic heterocycles. The van der Waals surface area contributed by atoms with Gasteiger partial charge >= 0.3 is 6.15 Å². The Morgan fingerprint density at radius 2 is 2.10 bits per heavy atom. The van der Waals surface area contributed by atoms with Crippen LogP contribution in [0.5, 0.6) is 0 Å². The minimum atomic E-state index is 0.250. The van der Waals surface area contributed by atoms with Gasteiger partial charge in [-0.25, -0.2) is 4.98 Å². The summed E-state index contributed by atoms with van der Waals surface area (Å²) in [6, 6.07) is 8.68. The normalized spacial score (nSPS) is 9.85. The Kier molecular flexibility index (Phi) is 4.82. The summed E-state index contributed by atoms with van der Waals surface area (Å²) in [7, 11) is 0. The number of nitrogens with zero attached hydrogens (tertiary/aromatic N) is 1. The second-order valence-electron chi connectivity index (χ2n) is 4.40. The van der Waals surface area contributed by atoms with E-state index in [1.54, 1.807) is 0 Å². The first-order valence-electron chi connectivity index (χ1n) is 6.19. The molecule has 5 heteroatoms. The van der Waals surface area contributed by atoms with Crippen LogP contribution in [0, 0.1) is 6.92 Å². The number of fused-ring (bicyclic) bond motifs is 1. The second kappa shape index (κ2) is 6.80. The minimum Gasteiger partial charge on any atom is -0.344 e. The second-order valence-corrected chi connectivity index (χ2v) is 5.43. The maximum atomic E-state index is 8.12. The van der Waals surface area contributed by atoms with Gasteiger partial charge in [0.1, 0.15) is 5.65 Å². The Morgan fingerprint density at radius 3 is 2.80 bits per heavy atom. The largest absolute Gasteiger partial charge is 0.373 e. The van der Waals surface area contributed by atoms with E-state index >= 15 is 0 Å². The fourth-order valence-corrected chi connectivity index (χ4v) is 2.77. The Bertz CT molecular complexity index is 711. The minimum absolute atomic E-state index is 0.250. The zero-order valence-electron chi connectivity index (χ0n) is 11.1. The number of aryl methyl sites for hydroxylation is 3. The van der Waals surface area contributed by atoms with E-state index in [0.717, 1.165) is 18.5 Å². The first-order valence-corrected chi connectivity index (χ1v) is 7.07. The fraction of sp³-hybridized carbons (Fsp3) is 0.200. The van der Waals surface area contributed by atoms with E-state index in [1.807, 2.05) is 17.5 Å². The molecule has 4 nitrogen and oxygen atoms in total. The molecular formula is C15H14N2O2S. The van der Waals surface area contributed by atoms with Crippen molar-refractivity contribution in [1.29, 1.82) is 0 Å². The summed E-state index contributed by atoms with van der Waals surface area (Å²) < 4.78 is 0. The molecule has 0 radical (unpaired) electrons.